The third-order valence-corrected chi connectivity index (χ3v) is 13.0. The lowest BCUT2D eigenvalue weighted by Crippen LogP contribution is -2.44. The van der Waals surface area contributed by atoms with Gasteiger partial charge in [-0.25, -0.2) is 0 Å². The van der Waals surface area contributed by atoms with E-state index < -0.39 is 5.60 Å². The number of rotatable bonds is 6. The average molecular weight is 729 g/mol. The Bertz CT molecular complexity index is 2370. The van der Waals surface area contributed by atoms with Gasteiger partial charge in [-0.1, -0.05) is 113 Å². The van der Waals surface area contributed by atoms with E-state index in [4.69, 9.17) is 14.2 Å². The first-order chi connectivity index (χ1) is 26.0. The topological polar surface area (TPSA) is 27.7 Å². The van der Waals surface area contributed by atoms with Crippen molar-refractivity contribution in [2.24, 2.45) is 10.8 Å². The summed E-state index contributed by atoms with van der Waals surface area (Å²) in [6, 6.07) is 41.6. The van der Waals surface area contributed by atoms with E-state index in [1.54, 1.807) is 14.2 Å². The lowest BCUT2D eigenvalue weighted by Gasteiger charge is -2.52. The number of methoxy groups -OCH3 is 2. The standard InChI is InChI=1S/C50H48O3S/c1-47(2)29-48(3,4)31-49(30-47)42-16-12-11-15-37(42)44-40-28-43(54-7)39(32-13-9-8-10-14-32)27-41(40)46-38(45(44)49)25-26-50(53-46,33-17-21-35(51-5)22-18-33)34-19-23-36(52-6)24-20-34/h8-28H,29-31H2,1-7H3. The van der Waals surface area contributed by atoms with E-state index in [9.17, 15) is 0 Å². The predicted molar refractivity (Wildman–Crippen MR) is 225 cm³/mol. The molecule has 1 spiro atoms. The van der Waals surface area contributed by atoms with Crippen LogP contribution in [0.3, 0.4) is 0 Å². The molecule has 0 N–H and O–H groups in total. The van der Waals surface area contributed by atoms with E-state index in [0.717, 1.165) is 46.6 Å². The first-order valence-electron chi connectivity index (χ1n) is 19.1. The molecule has 4 heteroatoms. The van der Waals surface area contributed by atoms with Crippen molar-refractivity contribution >= 4 is 28.6 Å². The van der Waals surface area contributed by atoms with Crippen molar-refractivity contribution in [2.75, 3.05) is 20.5 Å². The van der Waals surface area contributed by atoms with Crippen LogP contribution in [0.2, 0.25) is 0 Å². The number of hydrogen-bond donors (Lipinski definition) is 0. The zero-order valence-corrected chi connectivity index (χ0v) is 33.2. The molecule has 1 saturated carbocycles. The molecule has 9 rings (SSSR count). The van der Waals surface area contributed by atoms with Crippen LogP contribution in [0.5, 0.6) is 17.2 Å². The van der Waals surface area contributed by atoms with Gasteiger partial charge in [-0.05, 0) is 118 Å². The predicted octanol–water partition coefficient (Wildman–Crippen LogP) is 13.1. The molecule has 0 radical (unpaired) electrons. The molecule has 1 fully saturated rings. The minimum absolute atomic E-state index is 0.148. The van der Waals surface area contributed by atoms with Crippen molar-refractivity contribution < 1.29 is 14.2 Å². The van der Waals surface area contributed by atoms with E-state index in [1.807, 2.05) is 36.0 Å². The minimum atomic E-state index is -0.901. The lowest BCUT2D eigenvalue weighted by molar-refractivity contribution is 0.0642. The molecule has 0 unspecified atom stereocenters. The van der Waals surface area contributed by atoms with Crippen LogP contribution in [0.4, 0.5) is 0 Å². The van der Waals surface area contributed by atoms with Gasteiger partial charge >= 0.3 is 0 Å². The Balaban J connectivity index is 1.41. The van der Waals surface area contributed by atoms with E-state index in [2.05, 4.69) is 137 Å². The van der Waals surface area contributed by atoms with Crippen LogP contribution < -0.4 is 14.2 Å². The molecule has 1 aliphatic heterocycles. The molecule has 0 amide bonds. The lowest BCUT2D eigenvalue weighted by atomic mass is 9.52. The van der Waals surface area contributed by atoms with Crippen molar-refractivity contribution in [1.82, 2.24) is 0 Å². The number of ether oxygens (including phenoxy) is 3. The summed E-state index contributed by atoms with van der Waals surface area (Å²) in [5.41, 5.74) is 10.6. The summed E-state index contributed by atoms with van der Waals surface area (Å²) in [5.74, 6) is 2.56. The average Bonchev–Trinajstić information content (AvgIpc) is 3.44. The van der Waals surface area contributed by atoms with Gasteiger partial charge in [-0.15, -0.1) is 11.8 Å². The molecule has 0 saturated heterocycles. The third-order valence-electron chi connectivity index (χ3n) is 12.2. The van der Waals surface area contributed by atoms with Crippen molar-refractivity contribution in [3.63, 3.8) is 0 Å². The summed E-state index contributed by atoms with van der Waals surface area (Å²) in [6.45, 7) is 9.91. The van der Waals surface area contributed by atoms with Crippen molar-refractivity contribution in [2.45, 2.75) is 62.9 Å². The first-order valence-corrected chi connectivity index (χ1v) is 20.3. The Morgan fingerprint density at radius 1 is 0.630 bits per heavy atom. The van der Waals surface area contributed by atoms with Gasteiger partial charge in [0.05, 0.1) is 14.2 Å². The molecule has 0 bridgehead atoms. The zero-order valence-electron chi connectivity index (χ0n) is 32.4. The van der Waals surface area contributed by atoms with Crippen LogP contribution in [-0.2, 0) is 11.0 Å². The Kier molecular flexibility index (Phi) is 8.10. The Morgan fingerprint density at radius 3 is 1.81 bits per heavy atom. The van der Waals surface area contributed by atoms with Crippen LogP contribution in [0.15, 0.2) is 126 Å². The second-order valence-electron chi connectivity index (χ2n) is 17.1. The molecule has 6 aromatic carbocycles. The van der Waals surface area contributed by atoms with Gasteiger partial charge in [0.15, 0.2) is 5.60 Å². The normalized spacial score (nSPS) is 18.1. The second-order valence-corrected chi connectivity index (χ2v) is 17.9. The summed E-state index contributed by atoms with van der Waals surface area (Å²) >= 11 is 1.82. The molecule has 272 valence electrons. The van der Waals surface area contributed by atoms with Crippen LogP contribution in [0.25, 0.3) is 39.1 Å². The first kappa shape index (κ1) is 34.8. The Hall–Kier alpha value is -4.93. The molecular weight excluding hydrogens is 681 g/mol. The molecule has 54 heavy (non-hydrogen) atoms. The molecule has 3 aliphatic rings. The molecule has 3 nitrogen and oxygen atoms in total. The van der Waals surface area contributed by atoms with Gasteiger partial charge in [0.1, 0.15) is 17.2 Å². The van der Waals surface area contributed by atoms with E-state index in [0.29, 0.717) is 0 Å². The molecule has 2 aliphatic carbocycles. The number of hydrogen-bond acceptors (Lipinski definition) is 4. The highest BCUT2D eigenvalue weighted by molar-refractivity contribution is 7.98. The van der Waals surface area contributed by atoms with Gasteiger partial charge < -0.3 is 14.2 Å². The number of thioether (sulfide) groups is 1. The largest absolute Gasteiger partial charge is 0.497 e. The smallest absolute Gasteiger partial charge is 0.178 e. The van der Waals surface area contributed by atoms with Crippen LogP contribution in [0.1, 0.15) is 74.8 Å². The zero-order chi connectivity index (χ0) is 37.5. The molecule has 1 heterocycles. The summed E-state index contributed by atoms with van der Waals surface area (Å²) in [5, 5.41) is 2.39. The van der Waals surface area contributed by atoms with E-state index in [1.165, 1.54) is 55.6 Å². The van der Waals surface area contributed by atoms with Crippen molar-refractivity contribution in [1.29, 1.82) is 0 Å². The van der Waals surface area contributed by atoms with Gasteiger partial charge in [-0.2, -0.15) is 0 Å². The van der Waals surface area contributed by atoms with Crippen molar-refractivity contribution in [3.8, 4) is 39.5 Å². The Labute approximate surface area is 324 Å². The van der Waals surface area contributed by atoms with Crippen molar-refractivity contribution in [3.05, 3.63) is 149 Å². The van der Waals surface area contributed by atoms with Gasteiger partial charge in [-0.3, -0.25) is 0 Å². The van der Waals surface area contributed by atoms with E-state index >= 15 is 0 Å². The third kappa shape index (κ3) is 5.32. The molecule has 0 aromatic heterocycles. The fourth-order valence-electron chi connectivity index (χ4n) is 10.8. The highest BCUT2D eigenvalue weighted by Gasteiger charge is 2.55. The number of benzene rings is 6. The highest BCUT2D eigenvalue weighted by atomic mass is 32.2. The fraction of sp³-hybridized carbons (Fsp3) is 0.280. The van der Waals surface area contributed by atoms with E-state index in [-0.39, 0.29) is 16.2 Å². The highest BCUT2D eigenvalue weighted by Crippen LogP contribution is 2.67. The molecule has 0 atom stereocenters. The van der Waals surface area contributed by atoms with Gasteiger partial charge in [0.2, 0.25) is 0 Å². The van der Waals surface area contributed by atoms with Gasteiger partial charge in [0.25, 0.3) is 0 Å². The summed E-state index contributed by atoms with van der Waals surface area (Å²) in [6.07, 6.45) is 10.3. The second kappa shape index (κ2) is 12.6. The maximum absolute atomic E-state index is 7.80. The SMILES string of the molecule is COc1ccc(C2(c3ccc(OC)cc3)C=Cc3c4c(c5cc(SC)c(-c6ccccc6)cc5c3O2)-c2ccccc2C42CC(C)(C)CC(C)(C)C2)cc1. The summed E-state index contributed by atoms with van der Waals surface area (Å²) in [4.78, 5) is 1.27. The van der Waals surface area contributed by atoms with Gasteiger partial charge in [0, 0.05) is 32.4 Å². The maximum atomic E-state index is 7.80. The number of fused-ring (bicyclic) bond motifs is 10. The monoisotopic (exact) mass is 728 g/mol. The minimum Gasteiger partial charge on any atom is -0.497 e. The summed E-state index contributed by atoms with van der Waals surface area (Å²) in [7, 11) is 3.42. The van der Waals surface area contributed by atoms with Crippen LogP contribution in [0, 0.1) is 10.8 Å². The molecular formula is C50H48O3S. The molecule has 6 aromatic rings. The summed E-state index contributed by atoms with van der Waals surface area (Å²) < 4.78 is 19.0. The Morgan fingerprint density at radius 2 is 1.22 bits per heavy atom. The maximum Gasteiger partial charge on any atom is 0.178 e. The fourth-order valence-corrected chi connectivity index (χ4v) is 11.5. The quantitative estimate of drug-likeness (QED) is 0.160. The van der Waals surface area contributed by atoms with Crippen LogP contribution >= 0.6 is 11.8 Å². The van der Waals surface area contributed by atoms with Crippen LogP contribution in [-0.4, -0.2) is 20.5 Å².